The number of hydrogen-bond acceptors (Lipinski definition) is 3. The van der Waals surface area contributed by atoms with E-state index in [1.54, 1.807) is 5.57 Å². The predicted molar refractivity (Wildman–Crippen MR) is 146 cm³/mol. The van der Waals surface area contributed by atoms with E-state index in [4.69, 9.17) is 0 Å². The molecule has 3 unspecified atom stereocenters. The van der Waals surface area contributed by atoms with Crippen LogP contribution in [-0.2, 0) is 5.75 Å². The number of aliphatic hydroxyl groups excluding tert-OH is 2. The maximum atomic E-state index is 10.2. The third kappa shape index (κ3) is 5.42. The van der Waals surface area contributed by atoms with Crippen molar-refractivity contribution >= 4 is 11.8 Å². The summed E-state index contributed by atoms with van der Waals surface area (Å²) < 4.78 is 0. The Morgan fingerprint density at radius 1 is 1.12 bits per heavy atom. The maximum Gasteiger partial charge on any atom is 0.0809 e. The Kier molecular flexibility index (Phi) is 8.17. The highest BCUT2D eigenvalue weighted by atomic mass is 32.2. The molecule has 0 amide bonds. The maximum absolute atomic E-state index is 10.2. The fourth-order valence-corrected chi connectivity index (χ4v) is 8.18. The van der Waals surface area contributed by atoms with Crippen LogP contribution in [0.4, 0.5) is 0 Å². The normalized spacial score (nSPS) is 33.9. The zero-order valence-corrected chi connectivity index (χ0v) is 22.4. The number of fused-ring (bicyclic) bond motifs is 1. The molecule has 1 aromatic carbocycles. The Balaban J connectivity index is 1.42. The van der Waals surface area contributed by atoms with Gasteiger partial charge in [-0.15, -0.1) is 0 Å². The quantitative estimate of drug-likeness (QED) is 0.412. The van der Waals surface area contributed by atoms with Crippen molar-refractivity contribution in [3.05, 3.63) is 70.8 Å². The van der Waals surface area contributed by atoms with Gasteiger partial charge in [0.2, 0.25) is 0 Å². The molecule has 0 radical (unpaired) electrons. The lowest BCUT2D eigenvalue weighted by Gasteiger charge is -2.44. The topological polar surface area (TPSA) is 40.5 Å². The summed E-state index contributed by atoms with van der Waals surface area (Å²) >= 11 is 2.14. The van der Waals surface area contributed by atoms with Crippen LogP contribution in [0, 0.1) is 17.3 Å². The molecule has 0 aliphatic heterocycles. The van der Waals surface area contributed by atoms with Gasteiger partial charge in [-0.05, 0) is 84.8 Å². The van der Waals surface area contributed by atoms with Crippen LogP contribution in [0.2, 0.25) is 0 Å². The molecule has 3 heteroatoms. The van der Waals surface area contributed by atoms with E-state index in [9.17, 15) is 10.2 Å². The minimum atomic E-state index is -0.611. The van der Waals surface area contributed by atoms with Crippen molar-refractivity contribution in [1.82, 2.24) is 0 Å². The Morgan fingerprint density at radius 2 is 1.85 bits per heavy atom. The third-order valence-corrected chi connectivity index (χ3v) is 10.4. The minimum Gasteiger partial charge on any atom is -0.388 e. The van der Waals surface area contributed by atoms with E-state index in [2.05, 4.69) is 82.5 Å². The van der Waals surface area contributed by atoms with Gasteiger partial charge in [-0.2, -0.15) is 11.8 Å². The van der Waals surface area contributed by atoms with Gasteiger partial charge < -0.3 is 10.2 Å². The van der Waals surface area contributed by atoms with Crippen molar-refractivity contribution in [2.45, 2.75) is 102 Å². The molecule has 186 valence electrons. The van der Waals surface area contributed by atoms with Crippen LogP contribution in [0.5, 0.6) is 0 Å². The fourth-order valence-electron chi connectivity index (χ4n) is 6.86. The van der Waals surface area contributed by atoms with Gasteiger partial charge in [0.1, 0.15) is 0 Å². The van der Waals surface area contributed by atoms with Gasteiger partial charge in [-0.1, -0.05) is 81.8 Å². The molecule has 0 bridgehead atoms. The average molecular weight is 481 g/mol. The molecule has 34 heavy (non-hydrogen) atoms. The predicted octanol–water partition coefficient (Wildman–Crippen LogP) is 7.57. The van der Waals surface area contributed by atoms with Gasteiger partial charge in [-0.25, -0.2) is 0 Å². The Bertz CT molecular complexity index is 929. The van der Waals surface area contributed by atoms with E-state index in [-0.39, 0.29) is 0 Å². The molecule has 3 aliphatic rings. The molecule has 0 spiro atoms. The first-order valence-electron chi connectivity index (χ1n) is 13.3. The minimum absolute atomic E-state index is 0.384. The monoisotopic (exact) mass is 480 g/mol. The van der Waals surface area contributed by atoms with Crippen LogP contribution in [0.1, 0.15) is 89.7 Å². The van der Waals surface area contributed by atoms with Crippen LogP contribution >= 0.6 is 11.8 Å². The van der Waals surface area contributed by atoms with Crippen LogP contribution in [-0.4, -0.2) is 27.7 Å². The first-order valence-corrected chi connectivity index (χ1v) is 14.4. The van der Waals surface area contributed by atoms with Gasteiger partial charge in [-0.3, -0.25) is 0 Å². The molecule has 3 aliphatic carbocycles. The Hall–Kier alpha value is -1.29. The zero-order valence-electron chi connectivity index (χ0n) is 21.6. The number of aliphatic hydroxyl groups is 2. The largest absolute Gasteiger partial charge is 0.388 e. The lowest BCUT2D eigenvalue weighted by molar-refractivity contribution is 0.123. The number of benzene rings is 1. The SMILES string of the molecule is C=C1[C@H](O)CC(=C/C=C2\CCCC3(C)C2CCC3[C@@H](C)SCc2cccc(C(C)C)c2)C[C@H]1O. The second-order valence-electron chi connectivity index (χ2n) is 11.6. The number of thioether (sulfide) groups is 1. The summed E-state index contributed by atoms with van der Waals surface area (Å²) in [5.74, 6) is 3.11. The molecule has 2 N–H and O–H groups in total. The van der Waals surface area contributed by atoms with Gasteiger partial charge >= 0.3 is 0 Å². The molecular formula is C31H44O2S. The molecule has 2 nitrogen and oxygen atoms in total. The van der Waals surface area contributed by atoms with Crippen molar-refractivity contribution < 1.29 is 10.2 Å². The second kappa shape index (κ2) is 10.8. The van der Waals surface area contributed by atoms with Gasteiger partial charge in [0.25, 0.3) is 0 Å². The number of rotatable bonds is 6. The number of hydrogen-bond donors (Lipinski definition) is 2. The van der Waals surface area contributed by atoms with Crippen LogP contribution in [0.15, 0.2) is 59.7 Å². The van der Waals surface area contributed by atoms with E-state index in [1.165, 1.54) is 43.2 Å². The first-order chi connectivity index (χ1) is 16.2. The van der Waals surface area contributed by atoms with E-state index >= 15 is 0 Å². The highest BCUT2D eigenvalue weighted by Gasteiger charge is 2.50. The zero-order chi connectivity index (χ0) is 24.5. The molecule has 3 saturated carbocycles. The van der Waals surface area contributed by atoms with E-state index < -0.39 is 12.2 Å². The standard InChI is InChI=1S/C31H44O2S/c1-20(2)26-9-6-8-24(16-26)19-34-22(4)27-13-14-28-25(10-7-15-31(27,28)5)12-11-23-17-29(32)21(3)30(33)18-23/h6,8-9,11-12,16,20,22,27-30,32-33H,3,7,10,13-15,17-19H2,1-2,4-5H3/b25-12+/t22-,27?,28?,29-,30-,31?/m1/s1. The lowest BCUT2D eigenvalue weighted by atomic mass is 9.63. The third-order valence-electron chi connectivity index (χ3n) is 9.04. The second-order valence-corrected chi connectivity index (χ2v) is 13.0. The Labute approximate surface area is 211 Å². The van der Waals surface area contributed by atoms with Gasteiger partial charge in [0.15, 0.2) is 0 Å². The van der Waals surface area contributed by atoms with Crippen molar-refractivity contribution in [1.29, 1.82) is 0 Å². The van der Waals surface area contributed by atoms with Gasteiger partial charge in [0.05, 0.1) is 12.2 Å². The molecule has 1 aromatic rings. The molecule has 0 aromatic heterocycles. The molecule has 4 rings (SSSR count). The summed E-state index contributed by atoms with van der Waals surface area (Å²) in [6, 6.07) is 9.15. The molecule has 6 atom stereocenters. The molecule has 0 heterocycles. The van der Waals surface area contributed by atoms with Gasteiger partial charge in [0, 0.05) is 11.0 Å². The van der Waals surface area contributed by atoms with Crippen molar-refractivity contribution in [2.75, 3.05) is 0 Å². The summed E-state index contributed by atoms with van der Waals surface area (Å²) in [4.78, 5) is 0. The lowest BCUT2D eigenvalue weighted by Crippen LogP contribution is -2.36. The van der Waals surface area contributed by atoms with Crippen LogP contribution in [0.25, 0.3) is 0 Å². The van der Waals surface area contributed by atoms with Crippen molar-refractivity contribution in [2.24, 2.45) is 17.3 Å². The summed E-state index contributed by atoms with van der Waals surface area (Å²) in [5.41, 5.74) is 6.59. The fraction of sp³-hybridized carbons (Fsp3) is 0.613. The van der Waals surface area contributed by atoms with Crippen molar-refractivity contribution in [3.63, 3.8) is 0 Å². The summed E-state index contributed by atoms with van der Waals surface area (Å²) in [7, 11) is 0. The summed E-state index contributed by atoms with van der Waals surface area (Å²) in [6.07, 6.45) is 11.0. The van der Waals surface area contributed by atoms with E-state index in [0.29, 0.717) is 40.9 Å². The molecule has 0 saturated heterocycles. The summed E-state index contributed by atoms with van der Waals surface area (Å²) in [6.45, 7) is 13.4. The van der Waals surface area contributed by atoms with E-state index in [0.717, 1.165) is 17.2 Å². The highest BCUT2D eigenvalue weighted by Crippen LogP contribution is 2.59. The highest BCUT2D eigenvalue weighted by molar-refractivity contribution is 7.99. The average Bonchev–Trinajstić information content (AvgIpc) is 3.17. The first kappa shape index (κ1) is 25.8. The van der Waals surface area contributed by atoms with E-state index in [1.807, 2.05) is 0 Å². The number of allylic oxidation sites excluding steroid dienone is 3. The van der Waals surface area contributed by atoms with Crippen LogP contribution in [0.3, 0.4) is 0 Å². The Morgan fingerprint density at radius 3 is 2.56 bits per heavy atom. The molecule has 3 fully saturated rings. The summed E-state index contributed by atoms with van der Waals surface area (Å²) in [5, 5.41) is 21.0. The van der Waals surface area contributed by atoms with Crippen LogP contribution < -0.4 is 0 Å². The smallest absolute Gasteiger partial charge is 0.0809 e. The molecular weight excluding hydrogens is 436 g/mol. The van der Waals surface area contributed by atoms with Crippen molar-refractivity contribution in [3.8, 4) is 0 Å².